The van der Waals surface area contributed by atoms with Crippen LogP contribution in [0.5, 0.6) is 0 Å². The predicted octanol–water partition coefficient (Wildman–Crippen LogP) is 3.15. The molecule has 0 aromatic carbocycles. The number of anilines is 2. The van der Waals surface area contributed by atoms with E-state index in [0.29, 0.717) is 12.8 Å². The first kappa shape index (κ1) is 27.2. The molecular formula is C22H33N5O4. The van der Waals surface area contributed by atoms with Crippen molar-refractivity contribution in [2.75, 3.05) is 10.6 Å². The quantitative estimate of drug-likeness (QED) is 0.551. The van der Waals surface area contributed by atoms with E-state index in [0.717, 1.165) is 22.8 Å². The summed E-state index contributed by atoms with van der Waals surface area (Å²) in [7, 11) is 5.93. The van der Waals surface area contributed by atoms with E-state index in [1.807, 2.05) is 61.6 Å². The van der Waals surface area contributed by atoms with Crippen molar-refractivity contribution in [3.63, 3.8) is 0 Å². The standard InChI is InChI=1S/2C7H10N2O.C7H11N.CH2O2/c2*1-6-3-7(8-5-10)4-9(6)2;1-6-4-7(2)8(3)5-6;2-1-3/h2*3-5H,1-2H3,(H,8,10);4-5H,1-3H3;1H,(H,2,3). The Morgan fingerprint density at radius 2 is 1.00 bits per heavy atom. The predicted molar refractivity (Wildman–Crippen MR) is 123 cm³/mol. The summed E-state index contributed by atoms with van der Waals surface area (Å²) < 4.78 is 6.02. The fourth-order valence-corrected chi connectivity index (χ4v) is 2.52. The van der Waals surface area contributed by atoms with Crippen LogP contribution in [0.4, 0.5) is 11.4 Å². The fourth-order valence-electron chi connectivity index (χ4n) is 2.52. The van der Waals surface area contributed by atoms with Crippen LogP contribution in [0.1, 0.15) is 22.6 Å². The Labute approximate surface area is 183 Å². The van der Waals surface area contributed by atoms with Crippen molar-refractivity contribution in [3.8, 4) is 0 Å². The van der Waals surface area contributed by atoms with Gasteiger partial charge in [-0.05, 0) is 51.5 Å². The summed E-state index contributed by atoms with van der Waals surface area (Å²) in [5.74, 6) is 0. The van der Waals surface area contributed by atoms with Gasteiger partial charge in [-0.15, -0.1) is 0 Å². The number of aryl methyl sites for hydroxylation is 7. The van der Waals surface area contributed by atoms with Gasteiger partial charge in [0, 0.05) is 56.8 Å². The van der Waals surface area contributed by atoms with Gasteiger partial charge >= 0.3 is 0 Å². The van der Waals surface area contributed by atoms with Crippen molar-refractivity contribution in [2.24, 2.45) is 21.1 Å². The van der Waals surface area contributed by atoms with Gasteiger partial charge in [-0.25, -0.2) is 0 Å². The van der Waals surface area contributed by atoms with Crippen molar-refractivity contribution >= 4 is 30.7 Å². The van der Waals surface area contributed by atoms with Crippen LogP contribution in [0.15, 0.2) is 36.8 Å². The molecule has 3 aromatic heterocycles. The molecule has 0 spiro atoms. The van der Waals surface area contributed by atoms with Crippen LogP contribution in [0.2, 0.25) is 0 Å². The lowest BCUT2D eigenvalue weighted by Gasteiger charge is -1.90. The minimum Gasteiger partial charge on any atom is -0.483 e. The smallest absolute Gasteiger partial charge is 0.290 e. The minimum atomic E-state index is -0.250. The second kappa shape index (κ2) is 14.3. The summed E-state index contributed by atoms with van der Waals surface area (Å²) >= 11 is 0. The Morgan fingerprint density at radius 3 is 1.16 bits per heavy atom. The molecule has 3 rings (SSSR count). The number of carbonyl (C=O) groups excluding carboxylic acids is 2. The third-order valence-electron chi connectivity index (χ3n) is 4.35. The summed E-state index contributed by atoms with van der Waals surface area (Å²) in [4.78, 5) is 28.3. The Hall–Kier alpha value is -3.75. The molecule has 0 fully saturated rings. The first-order valence-corrected chi connectivity index (χ1v) is 9.43. The number of carbonyl (C=O) groups is 3. The molecule has 2 amide bonds. The highest BCUT2D eigenvalue weighted by Gasteiger charge is 1.96. The van der Waals surface area contributed by atoms with Crippen LogP contribution < -0.4 is 10.6 Å². The van der Waals surface area contributed by atoms with E-state index < -0.39 is 0 Å². The van der Waals surface area contributed by atoms with Gasteiger partial charge in [0.15, 0.2) is 0 Å². The van der Waals surface area contributed by atoms with Crippen LogP contribution in [0.25, 0.3) is 0 Å². The van der Waals surface area contributed by atoms with Crippen molar-refractivity contribution in [1.29, 1.82) is 0 Å². The van der Waals surface area contributed by atoms with E-state index in [9.17, 15) is 9.59 Å². The van der Waals surface area contributed by atoms with E-state index >= 15 is 0 Å². The number of hydrogen-bond donors (Lipinski definition) is 3. The maximum atomic E-state index is 9.97. The summed E-state index contributed by atoms with van der Waals surface area (Å²) in [6.07, 6.45) is 7.20. The Morgan fingerprint density at radius 1 is 0.677 bits per heavy atom. The van der Waals surface area contributed by atoms with Gasteiger partial charge in [0.1, 0.15) is 0 Å². The van der Waals surface area contributed by atoms with Crippen molar-refractivity contribution in [3.05, 3.63) is 59.4 Å². The van der Waals surface area contributed by atoms with E-state index in [2.05, 4.69) is 48.4 Å². The average Bonchev–Trinajstić information content (AvgIpc) is 3.28. The van der Waals surface area contributed by atoms with Gasteiger partial charge in [-0.1, -0.05) is 0 Å². The molecule has 0 bridgehead atoms. The lowest BCUT2D eigenvalue weighted by molar-refractivity contribution is -0.122. The highest BCUT2D eigenvalue weighted by atomic mass is 16.3. The third kappa shape index (κ3) is 10.6. The number of carboxylic acid groups (broad SMARTS) is 1. The number of rotatable bonds is 4. The Kier molecular flexibility index (Phi) is 12.5. The zero-order chi connectivity index (χ0) is 24.0. The van der Waals surface area contributed by atoms with E-state index in [1.54, 1.807) is 0 Å². The number of nitrogens with one attached hydrogen (secondary N) is 2. The van der Waals surface area contributed by atoms with Crippen molar-refractivity contribution < 1.29 is 19.5 Å². The first-order valence-electron chi connectivity index (χ1n) is 9.43. The molecule has 3 heterocycles. The summed E-state index contributed by atoms with van der Waals surface area (Å²) in [5.41, 5.74) is 6.60. The highest BCUT2D eigenvalue weighted by Crippen LogP contribution is 2.10. The van der Waals surface area contributed by atoms with Gasteiger partial charge in [-0.2, -0.15) is 0 Å². The SMILES string of the molecule is Cc1cc(C)n(C)c1.Cc1cc(NC=O)cn1C.Cc1cc(NC=O)cn1C.O=CO. The molecule has 3 N–H and O–H groups in total. The normalized spacial score (nSPS) is 9.00. The molecule has 0 saturated carbocycles. The summed E-state index contributed by atoms with van der Waals surface area (Å²) in [6, 6.07) is 5.99. The number of hydrogen-bond acceptors (Lipinski definition) is 3. The molecule has 0 radical (unpaired) electrons. The average molecular weight is 432 g/mol. The molecule has 0 atom stereocenters. The molecule has 3 aromatic rings. The molecule has 0 saturated heterocycles. The molecule has 0 aliphatic rings. The van der Waals surface area contributed by atoms with Crippen LogP contribution in [0, 0.1) is 27.7 Å². The molecule has 9 nitrogen and oxygen atoms in total. The number of amides is 2. The molecule has 31 heavy (non-hydrogen) atoms. The van der Waals surface area contributed by atoms with Crippen molar-refractivity contribution in [1.82, 2.24) is 13.7 Å². The first-order chi connectivity index (χ1) is 14.6. The van der Waals surface area contributed by atoms with Crippen LogP contribution in [-0.2, 0) is 35.5 Å². The van der Waals surface area contributed by atoms with E-state index in [-0.39, 0.29) is 6.47 Å². The molecule has 0 unspecified atom stereocenters. The monoisotopic (exact) mass is 431 g/mol. The van der Waals surface area contributed by atoms with Gasteiger partial charge in [0.2, 0.25) is 12.8 Å². The highest BCUT2D eigenvalue weighted by molar-refractivity contribution is 5.71. The summed E-state index contributed by atoms with van der Waals surface area (Å²) in [6.45, 7) is 7.92. The van der Waals surface area contributed by atoms with Gasteiger partial charge in [0.05, 0.1) is 11.4 Å². The zero-order valence-electron chi connectivity index (χ0n) is 19.2. The van der Waals surface area contributed by atoms with Gasteiger partial charge < -0.3 is 29.4 Å². The number of aromatic nitrogens is 3. The number of nitrogens with zero attached hydrogens (tertiary/aromatic N) is 3. The molecule has 0 aliphatic heterocycles. The second-order valence-electron chi connectivity index (χ2n) is 6.86. The van der Waals surface area contributed by atoms with Crippen LogP contribution >= 0.6 is 0 Å². The second-order valence-corrected chi connectivity index (χ2v) is 6.86. The topological polar surface area (TPSA) is 110 Å². The third-order valence-corrected chi connectivity index (χ3v) is 4.35. The Balaban J connectivity index is 0.000000411. The lowest BCUT2D eigenvalue weighted by Crippen LogP contribution is -1.91. The van der Waals surface area contributed by atoms with Crippen molar-refractivity contribution in [2.45, 2.75) is 27.7 Å². The largest absolute Gasteiger partial charge is 0.483 e. The fraction of sp³-hybridized carbons (Fsp3) is 0.318. The van der Waals surface area contributed by atoms with Gasteiger partial charge in [0.25, 0.3) is 6.47 Å². The zero-order valence-corrected chi connectivity index (χ0v) is 19.2. The maximum Gasteiger partial charge on any atom is 0.290 e. The molecule has 9 heteroatoms. The van der Waals surface area contributed by atoms with Crippen LogP contribution in [-0.4, -0.2) is 38.1 Å². The summed E-state index contributed by atoms with van der Waals surface area (Å²) in [5, 5.41) is 12.0. The molecule has 0 aliphatic carbocycles. The van der Waals surface area contributed by atoms with Crippen LogP contribution in [0.3, 0.4) is 0 Å². The maximum absolute atomic E-state index is 9.97. The van der Waals surface area contributed by atoms with Gasteiger partial charge in [-0.3, -0.25) is 14.4 Å². The van der Waals surface area contributed by atoms with E-state index in [4.69, 9.17) is 9.90 Å². The van der Waals surface area contributed by atoms with E-state index in [1.165, 1.54) is 11.3 Å². The molecular weight excluding hydrogens is 398 g/mol. The molecule has 170 valence electrons. The Bertz CT molecular complexity index is 843. The minimum absolute atomic E-state index is 0.250. The lowest BCUT2D eigenvalue weighted by atomic mass is 10.4.